The second-order valence-electron chi connectivity index (χ2n) is 3.74. The van der Waals surface area contributed by atoms with Crippen LogP contribution in [0.4, 0.5) is 26.3 Å². The van der Waals surface area contributed by atoms with E-state index in [9.17, 15) is 35.9 Å². The van der Waals surface area contributed by atoms with Gasteiger partial charge >= 0.3 is 23.5 Å². The van der Waals surface area contributed by atoms with Crippen LogP contribution in [0.5, 0.6) is 0 Å². The van der Waals surface area contributed by atoms with E-state index in [-0.39, 0.29) is 12.1 Å². The molecule has 108 valence electrons. The van der Waals surface area contributed by atoms with Crippen LogP contribution in [-0.2, 0) is 12.4 Å². The first-order chi connectivity index (χ1) is 9.00. The summed E-state index contributed by atoms with van der Waals surface area (Å²) < 4.78 is 79.8. The molecule has 1 heterocycles. The van der Waals surface area contributed by atoms with Gasteiger partial charge in [0, 0.05) is 0 Å². The Morgan fingerprint density at radius 3 is 2.05 bits per heavy atom. The third kappa shape index (κ3) is 2.40. The molecule has 2 aromatic rings. The van der Waals surface area contributed by atoms with Crippen LogP contribution in [-0.4, -0.2) is 4.98 Å². The third-order valence-electron chi connectivity index (χ3n) is 2.36. The SMILES string of the molecule is O=c1[nH]c2c(C(F)(F)F)cc(C(F)(F)F)cc2oc1=O. The first-order valence-electron chi connectivity index (χ1n) is 4.86. The van der Waals surface area contributed by atoms with Gasteiger partial charge in [-0.2, -0.15) is 26.3 Å². The molecule has 0 bridgehead atoms. The average Bonchev–Trinajstić information content (AvgIpc) is 2.26. The summed E-state index contributed by atoms with van der Waals surface area (Å²) in [5.41, 5.74) is -8.50. The quantitative estimate of drug-likeness (QED) is 0.600. The van der Waals surface area contributed by atoms with Crippen molar-refractivity contribution in [2.45, 2.75) is 12.4 Å². The number of aromatic amines is 1. The summed E-state index contributed by atoms with van der Waals surface area (Å²) in [5.74, 6) is 0. The molecular formula is C10H3F6NO3. The van der Waals surface area contributed by atoms with Gasteiger partial charge in [0.15, 0.2) is 5.58 Å². The molecule has 1 aromatic heterocycles. The van der Waals surface area contributed by atoms with Gasteiger partial charge in [0.05, 0.1) is 16.6 Å². The molecule has 0 saturated heterocycles. The molecule has 0 fully saturated rings. The van der Waals surface area contributed by atoms with Crippen LogP contribution < -0.4 is 11.2 Å². The first kappa shape index (κ1) is 14.2. The van der Waals surface area contributed by atoms with Crippen LogP contribution in [0.25, 0.3) is 11.1 Å². The predicted molar refractivity (Wildman–Crippen MR) is 53.1 cm³/mol. The molecule has 0 radical (unpaired) electrons. The first-order valence-corrected chi connectivity index (χ1v) is 4.86. The highest BCUT2D eigenvalue weighted by molar-refractivity contribution is 5.77. The molecule has 0 aliphatic heterocycles. The zero-order chi connectivity index (χ0) is 15.3. The fourth-order valence-electron chi connectivity index (χ4n) is 1.52. The highest BCUT2D eigenvalue weighted by Gasteiger charge is 2.39. The van der Waals surface area contributed by atoms with Crippen molar-refractivity contribution in [3.05, 3.63) is 44.0 Å². The minimum Gasteiger partial charge on any atom is -0.417 e. The van der Waals surface area contributed by atoms with Gasteiger partial charge in [-0.15, -0.1) is 0 Å². The Balaban J connectivity index is 2.97. The fourth-order valence-corrected chi connectivity index (χ4v) is 1.52. The normalized spacial score (nSPS) is 12.9. The number of hydrogen-bond acceptors (Lipinski definition) is 3. The monoisotopic (exact) mass is 299 g/mol. The van der Waals surface area contributed by atoms with Crippen molar-refractivity contribution in [1.82, 2.24) is 4.98 Å². The number of benzene rings is 1. The van der Waals surface area contributed by atoms with E-state index in [4.69, 9.17) is 0 Å². The van der Waals surface area contributed by atoms with Crippen molar-refractivity contribution in [3.8, 4) is 0 Å². The number of H-pyrrole nitrogens is 1. The summed E-state index contributed by atoms with van der Waals surface area (Å²) in [7, 11) is 0. The van der Waals surface area contributed by atoms with Crippen molar-refractivity contribution >= 4 is 11.1 Å². The number of nitrogens with one attached hydrogen (secondary N) is 1. The Kier molecular flexibility index (Phi) is 2.91. The lowest BCUT2D eigenvalue weighted by Crippen LogP contribution is -2.26. The van der Waals surface area contributed by atoms with Crippen LogP contribution >= 0.6 is 0 Å². The predicted octanol–water partition coefficient (Wildman–Crippen LogP) is 2.52. The van der Waals surface area contributed by atoms with Crippen molar-refractivity contribution in [2.24, 2.45) is 0 Å². The molecule has 0 atom stereocenters. The lowest BCUT2D eigenvalue weighted by atomic mass is 10.1. The number of rotatable bonds is 0. The molecule has 4 nitrogen and oxygen atoms in total. The van der Waals surface area contributed by atoms with Gasteiger partial charge < -0.3 is 9.40 Å². The summed E-state index contributed by atoms with van der Waals surface area (Å²) in [4.78, 5) is 23.4. The molecule has 1 aromatic carbocycles. The van der Waals surface area contributed by atoms with E-state index in [0.717, 1.165) is 0 Å². The molecule has 10 heteroatoms. The van der Waals surface area contributed by atoms with Crippen molar-refractivity contribution in [2.75, 3.05) is 0 Å². The molecule has 0 amide bonds. The van der Waals surface area contributed by atoms with Gasteiger partial charge in [0.1, 0.15) is 0 Å². The second-order valence-corrected chi connectivity index (χ2v) is 3.74. The lowest BCUT2D eigenvalue weighted by molar-refractivity contribution is -0.142. The molecule has 0 unspecified atom stereocenters. The van der Waals surface area contributed by atoms with E-state index < -0.39 is 45.8 Å². The van der Waals surface area contributed by atoms with Crippen molar-refractivity contribution in [3.63, 3.8) is 0 Å². The molecule has 2 rings (SSSR count). The Bertz CT molecular complexity index is 783. The van der Waals surface area contributed by atoms with Gasteiger partial charge in [-0.05, 0) is 12.1 Å². The summed E-state index contributed by atoms with van der Waals surface area (Å²) in [6.07, 6.45) is -10.2. The van der Waals surface area contributed by atoms with Gasteiger partial charge in [0.25, 0.3) is 0 Å². The zero-order valence-corrected chi connectivity index (χ0v) is 9.15. The summed E-state index contributed by atoms with van der Waals surface area (Å²) in [5, 5.41) is 0. The minimum atomic E-state index is -5.16. The highest BCUT2D eigenvalue weighted by Crippen LogP contribution is 2.38. The highest BCUT2D eigenvalue weighted by atomic mass is 19.4. The molecule has 0 spiro atoms. The van der Waals surface area contributed by atoms with Gasteiger partial charge in [-0.25, -0.2) is 4.79 Å². The van der Waals surface area contributed by atoms with E-state index in [0.29, 0.717) is 0 Å². The Labute approximate surface area is 104 Å². The summed E-state index contributed by atoms with van der Waals surface area (Å²) in [6, 6.07) is 0.0418. The minimum absolute atomic E-state index is 0.168. The third-order valence-corrected chi connectivity index (χ3v) is 2.36. The van der Waals surface area contributed by atoms with Crippen LogP contribution in [0.2, 0.25) is 0 Å². The Hall–Kier alpha value is -2.26. The maximum atomic E-state index is 12.7. The standard InChI is InChI=1S/C10H3F6NO3/c11-9(12,13)3-1-4(10(14,15)16)6-5(2-3)20-8(19)7(18)17-6/h1-2H,(H,17,18). The maximum absolute atomic E-state index is 12.7. The van der Waals surface area contributed by atoms with Gasteiger partial charge in [-0.3, -0.25) is 4.79 Å². The number of alkyl halides is 6. The van der Waals surface area contributed by atoms with Crippen LogP contribution in [0.1, 0.15) is 11.1 Å². The topological polar surface area (TPSA) is 63.1 Å². The Morgan fingerprint density at radius 1 is 0.950 bits per heavy atom. The molecule has 1 N–H and O–H groups in total. The van der Waals surface area contributed by atoms with E-state index in [1.165, 1.54) is 0 Å². The van der Waals surface area contributed by atoms with E-state index in [2.05, 4.69) is 4.42 Å². The van der Waals surface area contributed by atoms with E-state index in [1.54, 1.807) is 4.98 Å². The molecule has 0 aliphatic carbocycles. The lowest BCUT2D eigenvalue weighted by Gasteiger charge is -2.13. The number of hydrogen-bond donors (Lipinski definition) is 1. The van der Waals surface area contributed by atoms with Crippen LogP contribution in [0.3, 0.4) is 0 Å². The summed E-state index contributed by atoms with van der Waals surface area (Å²) in [6.45, 7) is 0. The maximum Gasteiger partial charge on any atom is 0.418 e. The Morgan fingerprint density at radius 2 is 1.55 bits per heavy atom. The van der Waals surface area contributed by atoms with Crippen molar-refractivity contribution < 1.29 is 30.8 Å². The fraction of sp³-hybridized carbons (Fsp3) is 0.200. The molecule has 0 saturated carbocycles. The van der Waals surface area contributed by atoms with Crippen LogP contribution in [0, 0.1) is 0 Å². The summed E-state index contributed by atoms with van der Waals surface area (Å²) >= 11 is 0. The molecule has 0 aliphatic rings. The second kappa shape index (κ2) is 4.12. The van der Waals surface area contributed by atoms with Gasteiger partial charge in [0.2, 0.25) is 0 Å². The number of halogens is 6. The number of aromatic nitrogens is 1. The molecule has 20 heavy (non-hydrogen) atoms. The largest absolute Gasteiger partial charge is 0.418 e. The molecular weight excluding hydrogens is 296 g/mol. The van der Waals surface area contributed by atoms with Crippen molar-refractivity contribution in [1.29, 1.82) is 0 Å². The zero-order valence-electron chi connectivity index (χ0n) is 9.15. The van der Waals surface area contributed by atoms with E-state index >= 15 is 0 Å². The van der Waals surface area contributed by atoms with E-state index in [1.807, 2.05) is 0 Å². The smallest absolute Gasteiger partial charge is 0.417 e. The van der Waals surface area contributed by atoms with Crippen LogP contribution in [0.15, 0.2) is 26.1 Å². The average molecular weight is 299 g/mol. The number of fused-ring (bicyclic) bond motifs is 1. The van der Waals surface area contributed by atoms with Gasteiger partial charge in [-0.1, -0.05) is 0 Å².